The molecule has 1 aliphatic carbocycles. The average molecular weight is 275 g/mol. The zero-order valence-corrected chi connectivity index (χ0v) is 11.4. The number of carbonyl (C=O) groups is 2. The monoisotopic (exact) mass is 275 g/mol. The maximum Gasteiger partial charge on any atom is 0.311 e. The number of aromatic nitrogens is 2. The molecule has 1 aromatic rings. The molecule has 1 aliphatic heterocycles. The Hall–Kier alpha value is -1.98. The fourth-order valence-electron chi connectivity index (χ4n) is 3.56. The van der Waals surface area contributed by atoms with Crippen LogP contribution in [0.25, 0.3) is 0 Å². The molecule has 106 valence electrons. The molecule has 2 aliphatic rings. The Labute approximate surface area is 116 Å². The van der Waals surface area contributed by atoms with Crippen molar-refractivity contribution in [3.63, 3.8) is 0 Å². The van der Waals surface area contributed by atoms with Gasteiger partial charge in [0.1, 0.15) is 6.33 Å². The van der Waals surface area contributed by atoms with Crippen LogP contribution in [0.15, 0.2) is 12.5 Å². The van der Waals surface area contributed by atoms with E-state index in [2.05, 4.69) is 9.97 Å². The molecule has 2 fully saturated rings. The molecule has 3 rings (SSSR count). The van der Waals surface area contributed by atoms with Crippen LogP contribution in [0, 0.1) is 18.3 Å². The molecule has 1 aromatic heterocycles. The number of hydrogen-bond donors (Lipinski definition) is 1. The molecule has 2 heterocycles. The minimum absolute atomic E-state index is 0.0777. The van der Waals surface area contributed by atoms with E-state index in [0.29, 0.717) is 30.8 Å². The summed E-state index contributed by atoms with van der Waals surface area (Å²) >= 11 is 0. The van der Waals surface area contributed by atoms with Crippen molar-refractivity contribution < 1.29 is 14.7 Å². The number of aryl methyl sites for hydroxylation is 1. The molecule has 2 atom stereocenters. The normalized spacial score (nSPS) is 28.4. The molecule has 0 aromatic carbocycles. The van der Waals surface area contributed by atoms with Crippen molar-refractivity contribution in [3.8, 4) is 0 Å². The maximum absolute atomic E-state index is 12.5. The average Bonchev–Trinajstić information content (AvgIpc) is 2.96. The first-order valence-electron chi connectivity index (χ1n) is 6.84. The highest BCUT2D eigenvalue weighted by atomic mass is 16.4. The molecule has 1 N–H and O–H groups in total. The van der Waals surface area contributed by atoms with Gasteiger partial charge < -0.3 is 10.0 Å². The number of fused-ring (bicyclic) bond motifs is 1. The zero-order chi connectivity index (χ0) is 14.3. The summed E-state index contributed by atoms with van der Waals surface area (Å²) in [7, 11) is 0. The van der Waals surface area contributed by atoms with Gasteiger partial charge in [-0.25, -0.2) is 9.97 Å². The van der Waals surface area contributed by atoms with Crippen molar-refractivity contribution in [1.82, 2.24) is 14.9 Å². The predicted molar refractivity (Wildman–Crippen MR) is 70.1 cm³/mol. The van der Waals surface area contributed by atoms with E-state index in [0.717, 1.165) is 12.8 Å². The molecule has 0 radical (unpaired) electrons. The first kappa shape index (κ1) is 13.0. The van der Waals surface area contributed by atoms with E-state index >= 15 is 0 Å². The van der Waals surface area contributed by atoms with Crippen LogP contribution >= 0.6 is 0 Å². The molecule has 1 amide bonds. The van der Waals surface area contributed by atoms with E-state index in [1.807, 2.05) is 0 Å². The number of aliphatic carboxylic acids is 1. The third kappa shape index (κ3) is 1.78. The first-order chi connectivity index (χ1) is 9.54. The lowest BCUT2D eigenvalue weighted by Crippen LogP contribution is -2.37. The van der Waals surface area contributed by atoms with E-state index in [9.17, 15) is 14.7 Å². The van der Waals surface area contributed by atoms with Gasteiger partial charge in [0.15, 0.2) is 0 Å². The molecule has 0 spiro atoms. The number of likely N-dealkylation sites (tertiary alicyclic amines) is 1. The van der Waals surface area contributed by atoms with Crippen molar-refractivity contribution in [2.24, 2.45) is 11.3 Å². The summed E-state index contributed by atoms with van der Waals surface area (Å²) in [6.07, 6.45) is 5.41. The van der Waals surface area contributed by atoms with Crippen LogP contribution in [0.4, 0.5) is 0 Å². The Morgan fingerprint density at radius 3 is 2.95 bits per heavy atom. The van der Waals surface area contributed by atoms with Gasteiger partial charge in [-0.3, -0.25) is 9.59 Å². The number of carboxylic acids is 1. The molecule has 20 heavy (non-hydrogen) atoms. The third-order valence-electron chi connectivity index (χ3n) is 4.73. The fraction of sp³-hybridized carbons (Fsp3) is 0.571. The molecule has 1 saturated heterocycles. The van der Waals surface area contributed by atoms with Crippen molar-refractivity contribution in [2.75, 3.05) is 13.1 Å². The first-order valence-corrected chi connectivity index (χ1v) is 6.84. The Kier molecular flexibility index (Phi) is 2.96. The van der Waals surface area contributed by atoms with Gasteiger partial charge in [-0.1, -0.05) is 6.42 Å². The largest absolute Gasteiger partial charge is 0.481 e. The Bertz CT molecular complexity index is 575. The smallest absolute Gasteiger partial charge is 0.311 e. The van der Waals surface area contributed by atoms with Crippen molar-refractivity contribution in [2.45, 2.75) is 26.2 Å². The minimum atomic E-state index is -0.767. The van der Waals surface area contributed by atoms with Crippen LogP contribution in [0.3, 0.4) is 0 Å². The Morgan fingerprint density at radius 1 is 1.50 bits per heavy atom. The molecular weight excluding hydrogens is 258 g/mol. The van der Waals surface area contributed by atoms with Gasteiger partial charge in [-0.15, -0.1) is 0 Å². The summed E-state index contributed by atoms with van der Waals surface area (Å²) < 4.78 is 0. The molecular formula is C14H17N3O3. The quantitative estimate of drug-likeness (QED) is 0.874. The lowest BCUT2D eigenvalue weighted by molar-refractivity contribution is -0.149. The second kappa shape index (κ2) is 4.54. The number of nitrogens with zero attached hydrogens (tertiary/aromatic N) is 3. The third-order valence-corrected chi connectivity index (χ3v) is 4.73. The molecule has 0 bridgehead atoms. The maximum atomic E-state index is 12.5. The van der Waals surface area contributed by atoms with Crippen LogP contribution < -0.4 is 0 Å². The number of carboxylic acid groups (broad SMARTS) is 1. The zero-order valence-electron chi connectivity index (χ0n) is 11.4. The molecule has 6 heteroatoms. The summed E-state index contributed by atoms with van der Waals surface area (Å²) in [5.74, 6) is -0.844. The van der Waals surface area contributed by atoms with E-state index < -0.39 is 11.4 Å². The number of rotatable bonds is 2. The van der Waals surface area contributed by atoms with Gasteiger partial charge in [-0.2, -0.15) is 0 Å². The highest BCUT2D eigenvalue weighted by Gasteiger charge is 2.55. The summed E-state index contributed by atoms with van der Waals surface area (Å²) in [6, 6.07) is 0. The van der Waals surface area contributed by atoms with Gasteiger partial charge in [0, 0.05) is 19.3 Å². The van der Waals surface area contributed by atoms with Gasteiger partial charge in [0.25, 0.3) is 5.91 Å². The van der Waals surface area contributed by atoms with E-state index in [-0.39, 0.29) is 11.8 Å². The Balaban J connectivity index is 1.86. The summed E-state index contributed by atoms with van der Waals surface area (Å²) in [4.78, 5) is 33.7. The van der Waals surface area contributed by atoms with E-state index in [4.69, 9.17) is 0 Å². The topological polar surface area (TPSA) is 83.4 Å². The number of carbonyl (C=O) groups excluding carboxylic acids is 1. The second-order valence-electron chi connectivity index (χ2n) is 5.76. The second-order valence-corrected chi connectivity index (χ2v) is 5.76. The Morgan fingerprint density at radius 2 is 2.30 bits per heavy atom. The van der Waals surface area contributed by atoms with Crippen LogP contribution in [0.2, 0.25) is 0 Å². The van der Waals surface area contributed by atoms with Crippen LogP contribution in [-0.2, 0) is 4.79 Å². The molecule has 0 unspecified atom stereocenters. The highest BCUT2D eigenvalue weighted by Crippen LogP contribution is 2.49. The molecule has 1 saturated carbocycles. The minimum Gasteiger partial charge on any atom is -0.481 e. The lowest BCUT2D eigenvalue weighted by Gasteiger charge is -2.23. The van der Waals surface area contributed by atoms with Gasteiger partial charge in [-0.05, 0) is 25.7 Å². The molecule has 6 nitrogen and oxygen atoms in total. The van der Waals surface area contributed by atoms with Crippen LogP contribution in [0.5, 0.6) is 0 Å². The summed E-state index contributed by atoms with van der Waals surface area (Å²) in [6.45, 7) is 2.60. The van der Waals surface area contributed by atoms with Gasteiger partial charge >= 0.3 is 5.97 Å². The van der Waals surface area contributed by atoms with Crippen molar-refractivity contribution in [1.29, 1.82) is 0 Å². The van der Waals surface area contributed by atoms with Crippen molar-refractivity contribution in [3.05, 3.63) is 23.8 Å². The van der Waals surface area contributed by atoms with Gasteiger partial charge in [0.2, 0.25) is 0 Å². The lowest BCUT2D eigenvalue weighted by atomic mass is 9.81. The van der Waals surface area contributed by atoms with Crippen LogP contribution in [0.1, 0.15) is 35.3 Å². The summed E-state index contributed by atoms with van der Waals surface area (Å²) in [5, 5.41) is 9.54. The summed E-state index contributed by atoms with van der Waals surface area (Å²) in [5.41, 5.74) is 0.360. The number of hydrogen-bond acceptors (Lipinski definition) is 4. The fourth-order valence-corrected chi connectivity index (χ4v) is 3.56. The van der Waals surface area contributed by atoms with E-state index in [1.54, 1.807) is 11.8 Å². The highest BCUT2D eigenvalue weighted by molar-refractivity contribution is 5.95. The predicted octanol–water partition coefficient (Wildman–Crippen LogP) is 1.11. The van der Waals surface area contributed by atoms with Crippen LogP contribution in [-0.4, -0.2) is 44.9 Å². The van der Waals surface area contributed by atoms with Gasteiger partial charge in [0.05, 0.1) is 16.7 Å². The SMILES string of the molecule is Cc1ncncc1C(=O)N1C[C@@H]2CCC[C@@]2(C(=O)O)C1. The number of amides is 1. The van der Waals surface area contributed by atoms with Crippen molar-refractivity contribution >= 4 is 11.9 Å². The standard InChI is InChI=1S/C14H17N3O3/c1-9-11(5-15-8-16-9)12(18)17-6-10-3-2-4-14(10,7-17)13(19)20/h5,8,10H,2-4,6-7H2,1H3,(H,19,20)/t10-,14+/m0/s1. The van der Waals surface area contributed by atoms with E-state index in [1.165, 1.54) is 12.5 Å².